The third-order valence-corrected chi connectivity index (χ3v) is 6.99. The quantitative estimate of drug-likeness (QED) is 0.591. The summed E-state index contributed by atoms with van der Waals surface area (Å²) in [6, 6.07) is 8.85. The fourth-order valence-electron chi connectivity index (χ4n) is 3.00. The highest BCUT2D eigenvalue weighted by molar-refractivity contribution is 7.90. The lowest BCUT2D eigenvalue weighted by atomic mass is 10.0. The van der Waals surface area contributed by atoms with Gasteiger partial charge in [0.1, 0.15) is 5.41 Å². The Labute approximate surface area is 141 Å². The Morgan fingerprint density at radius 1 is 1.29 bits per heavy atom. The lowest BCUT2D eigenvalue weighted by Gasteiger charge is -2.26. The van der Waals surface area contributed by atoms with E-state index < -0.39 is 38.4 Å². The largest absolute Gasteiger partial charge is 0.369 e. The van der Waals surface area contributed by atoms with Crippen LogP contribution in [-0.2, 0) is 26.2 Å². The molecule has 2 aliphatic rings. The molecule has 0 spiro atoms. The summed E-state index contributed by atoms with van der Waals surface area (Å²) in [5, 5.41) is -0.545. The molecule has 128 valence electrons. The van der Waals surface area contributed by atoms with Crippen molar-refractivity contribution in [3.8, 4) is 0 Å². The van der Waals surface area contributed by atoms with Gasteiger partial charge in [-0.15, -0.1) is 6.58 Å². The molecule has 24 heavy (non-hydrogen) atoms. The molecule has 2 atom stereocenters. The van der Waals surface area contributed by atoms with Crippen LogP contribution < -0.4 is 5.73 Å². The van der Waals surface area contributed by atoms with E-state index in [4.69, 9.17) is 5.73 Å². The molecule has 2 unspecified atom stereocenters. The van der Waals surface area contributed by atoms with Crippen molar-refractivity contribution >= 4 is 21.8 Å². The number of nitrogens with zero attached hydrogens (tertiary/aromatic N) is 1. The van der Waals surface area contributed by atoms with Crippen molar-refractivity contribution in [1.29, 1.82) is 0 Å². The number of carbonyl (C=O) groups excluding carboxylic acids is 2. The van der Waals surface area contributed by atoms with Gasteiger partial charge in [-0.2, -0.15) is 0 Å². The van der Waals surface area contributed by atoms with E-state index in [1.165, 1.54) is 6.08 Å². The van der Waals surface area contributed by atoms with E-state index >= 15 is 0 Å². The third kappa shape index (κ3) is 2.62. The molecule has 0 heterocycles. The van der Waals surface area contributed by atoms with Crippen LogP contribution in [0.2, 0.25) is 0 Å². The van der Waals surface area contributed by atoms with Crippen molar-refractivity contribution < 1.29 is 18.0 Å². The highest BCUT2D eigenvalue weighted by Gasteiger charge is 2.66. The minimum Gasteiger partial charge on any atom is -0.369 e. The zero-order valence-corrected chi connectivity index (χ0v) is 14.0. The second-order valence-corrected chi connectivity index (χ2v) is 8.56. The van der Waals surface area contributed by atoms with E-state index in [0.29, 0.717) is 18.4 Å². The summed E-state index contributed by atoms with van der Waals surface area (Å²) in [4.78, 5) is 24.9. The van der Waals surface area contributed by atoms with Gasteiger partial charge in [0.25, 0.3) is 5.91 Å². The van der Waals surface area contributed by atoms with Gasteiger partial charge < -0.3 is 5.73 Å². The maximum absolute atomic E-state index is 13.0. The van der Waals surface area contributed by atoms with Crippen LogP contribution in [0.3, 0.4) is 0 Å². The molecule has 2 aliphatic carbocycles. The Morgan fingerprint density at radius 3 is 2.38 bits per heavy atom. The van der Waals surface area contributed by atoms with E-state index in [-0.39, 0.29) is 13.0 Å². The zero-order chi connectivity index (χ0) is 17.5. The number of nitrogens with two attached hydrogens (primary N) is 1. The Balaban J connectivity index is 1.97. The first-order chi connectivity index (χ1) is 11.3. The fourth-order valence-corrected chi connectivity index (χ4v) is 4.82. The molecular weight excluding hydrogens is 328 g/mol. The number of sulfonamides is 1. The van der Waals surface area contributed by atoms with Crippen LogP contribution in [0.1, 0.15) is 24.8 Å². The monoisotopic (exact) mass is 348 g/mol. The maximum atomic E-state index is 13.0. The first-order valence-corrected chi connectivity index (χ1v) is 9.36. The molecule has 0 aliphatic heterocycles. The normalized spacial score (nSPS) is 25.8. The van der Waals surface area contributed by atoms with E-state index in [1.807, 2.05) is 6.07 Å². The summed E-state index contributed by atoms with van der Waals surface area (Å²) < 4.78 is 26.4. The molecule has 0 bridgehead atoms. The Morgan fingerprint density at radius 2 is 1.92 bits per heavy atom. The molecule has 3 rings (SSSR count). The second-order valence-electron chi connectivity index (χ2n) is 6.42. The summed E-state index contributed by atoms with van der Waals surface area (Å²) in [6.07, 6.45) is 2.79. The maximum Gasteiger partial charge on any atom is 0.252 e. The van der Waals surface area contributed by atoms with Crippen LogP contribution in [0.5, 0.6) is 0 Å². The van der Waals surface area contributed by atoms with Crippen molar-refractivity contribution in [1.82, 2.24) is 4.31 Å². The third-order valence-electron chi connectivity index (χ3n) is 4.77. The van der Waals surface area contributed by atoms with Crippen LogP contribution in [-0.4, -0.2) is 29.8 Å². The van der Waals surface area contributed by atoms with Crippen molar-refractivity contribution in [2.24, 2.45) is 17.1 Å². The van der Waals surface area contributed by atoms with Gasteiger partial charge in [-0.1, -0.05) is 36.4 Å². The number of hydrogen-bond donors (Lipinski definition) is 1. The molecule has 1 aromatic carbocycles. The van der Waals surface area contributed by atoms with E-state index in [1.54, 1.807) is 24.3 Å². The number of allylic oxidation sites excluding steroid dienone is 1. The van der Waals surface area contributed by atoms with Crippen LogP contribution in [0.25, 0.3) is 0 Å². The van der Waals surface area contributed by atoms with Gasteiger partial charge in [0.15, 0.2) is 0 Å². The van der Waals surface area contributed by atoms with Crippen LogP contribution >= 0.6 is 0 Å². The van der Waals surface area contributed by atoms with Gasteiger partial charge in [0, 0.05) is 5.92 Å². The predicted molar refractivity (Wildman–Crippen MR) is 88.9 cm³/mol. The number of benzene rings is 1. The van der Waals surface area contributed by atoms with Crippen LogP contribution in [0, 0.1) is 11.3 Å². The predicted octanol–water partition coefficient (Wildman–Crippen LogP) is 1.18. The van der Waals surface area contributed by atoms with Gasteiger partial charge in [-0.3, -0.25) is 9.59 Å². The van der Waals surface area contributed by atoms with Gasteiger partial charge in [0.2, 0.25) is 15.9 Å². The molecule has 0 saturated heterocycles. The summed E-state index contributed by atoms with van der Waals surface area (Å²) in [5.74, 6) is -1.92. The average molecular weight is 348 g/mol. The topological polar surface area (TPSA) is 97.5 Å². The number of primary amides is 1. The zero-order valence-electron chi connectivity index (χ0n) is 13.2. The first-order valence-electron chi connectivity index (χ1n) is 7.86. The van der Waals surface area contributed by atoms with Crippen LogP contribution in [0.15, 0.2) is 43.0 Å². The summed E-state index contributed by atoms with van der Waals surface area (Å²) in [6.45, 7) is 3.52. The number of carbonyl (C=O) groups is 2. The van der Waals surface area contributed by atoms with Gasteiger partial charge in [-0.05, 0) is 24.8 Å². The molecule has 2 saturated carbocycles. The minimum atomic E-state index is -3.79. The summed E-state index contributed by atoms with van der Waals surface area (Å²) in [7, 11) is -3.79. The highest BCUT2D eigenvalue weighted by Crippen LogP contribution is 2.55. The van der Waals surface area contributed by atoms with E-state index in [0.717, 1.165) is 4.31 Å². The lowest BCUT2D eigenvalue weighted by Crippen LogP contribution is -2.47. The first kappa shape index (κ1) is 16.7. The molecular formula is C17H20N2O4S. The Bertz CT molecular complexity index is 786. The Hall–Kier alpha value is -2.15. The van der Waals surface area contributed by atoms with Crippen LogP contribution in [0.4, 0.5) is 0 Å². The minimum absolute atomic E-state index is 0.0859. The van der Waals surface area contributed by atoms with E-state index in [9.17, 15) is 18.0 Å². The molecule has 7 heteroatoms. The fraction of sp³-hybridized carbons (Fsp3) is 0.412. The standard InChI is InChI=1S/C17H20N2O4S/c1-2-13-10-17(13,15(18)20)16(21)19(24(22,23)14-8-9-14)11-12-6-4-3-5-7-12/h2-7,13-14H,1,8-11H2,(H2,18,20). The van der Waals surface area contributed by atoms with Crippen molar-refractivity contribution in [2.45, 2.75) is 31.1 Å². The summed E-state index contributed by atoms with van der Waals surface area (Å²) >= 11 is 0. The summed E-state index contributed by atoms with van der Waals surface area (Å²) in [5.41, 5.74) is 4.65. The van der Waals surface area contributed by atoms with Gasteiger partial charge in [-0.25, -0.2) is 12.7 Å². The van der Waals surface area contributed by atoms with E-state index in [2.05, 4.69) is 6.58 Å². The number of rotatable bonds is 7. The van der Waals surface area contributed by atoms with Gasteiger partial charge in [0.05, 0.1) is 11.8 Å². The lowest BCUT2D eigenvalue weighted by molar-refractivity contribution is -0.140. The van der Waals surface area contributed by atoms with Gasteiger partial charge >= 0.3 is 0 Å². The molecule has 0 aromatic heterocycles. The number of hydrogen-bond acceptors (Lipinski definition) is 4. The second kappa shape index (κ2) is 5.73. The molecule has 2 amide bonds. The smallest absolute Gasteiger partial charge is 0.252 e. The molecule has 0 radical (unpaired) electrons. The SMILES string of the molecule is C=CC1CC1(C(N)=O)C(=O)N(Cc1ccccc1)S(=O)(=O)C1CC1. The molecule has 6 nitrogen and oxygen atoms in total. The Kier molecular flexibility index (Phi) is 3.99. The molecule has 1 aromatic rings. The molecule has 2 fully saturated rings. The number of amides is 2. The average Bonchev–Trinajstić information content (AvgIpc) is 3.45. The highest BCUT2D eigenvalue weighted by atomic mass is 32.2. The van der Waals surface area contributed by atoms with Crippen molar-refractivity contribution in [3.63, 3.8) is 0 Å². The van der Waals surface area contributed by atoms with Crippen molar-refractivity contribution in [3.05, 3.63) is 48.6 Å². The van der Waals surface area contributed by atoms with Crippen molar-refractivity contribution in [2.75, 3.05) is 0 Å². The molecule has 2 N–H and O–H groups in total.